The highest BCUT2D eigenvalue weighted by Gasteiger charge is 2.25. The van der Waals surface area contributed by atoms with E-state index in [2.05, 4.69) is 5.32 Å². The average molecular weight is 292 g/mol. The van der Waals surface area contributed by atoms with Gasteiger partial charge in [0.2, 0.25) is 0 Å². The van der Waals surface area contributed by atoms with Crippen LogP contribution in [0.1, 0.15) is 33.3 Å². The molecule has 0 atom stereocenters. The second kappa shape index (κ2) is 5.33. The first-order valence-electron chi connectivity index (χ1n) is 5.66. The Morgan fingerprint density at radius 1 is 1.21 bits per heavy atom. The molecule has 0 aliphatic carbocycles. The van der Waals surface area contributed by atoms with Gasteiger partial charge in [-0.15, -0.1) is 0 Å². The summed E-state index contributed by atoms with van der Waals surface area (Å²) < 4.78 is 31.5. The van der Waals surface area contributed by atoms with E-state index in [9.17, 15) is 13.6 Å². The van der Waals surface area contributed by atoms with Gasteiger partial charge in [0.05, 0.1) is 0 Å². The first-order chi connectivity index (χ1) is 8.47. The smallest absolute Gasteiger partial charge is 0.412 e. The number of nitrogens with one attached hydrogen (secondary N) is 1. The van der Waals surface area contributed by atoms with E-state index in [-0.39, 0.29) is 16.3 Å². The van der Waals surface area contributed by atoms with Crippen LogP contribution in [0.15, 0.2) is 18.2 Å². The van der Waals surface area contributed by atoms with Gasteiger partial charge >= 0.3 is 6.09 Å². The van der Waals surface area contributed by atoms with Gasteiger partial charge in [0.1, 0.15) is 5.60 Å². The van der Waals surface area contributed by atoms with Gasteiger partial charge in [0.15, 0.2) is 0 Å². The zero-order valence-corrected chi connectivity index (χ0v) is 11.9. The molecular formula is C13H16ClF2NO2. The van der Waals surface area contributed by atoms with Gasteiger partial charge in [-0.25, -0.2) is 13.6 Å². The van der Waals surface area contributed by atoms with E-state index >= 15 is 0 Å². The molecule has 0 unspecified atom stereocenters. The number of carbonyl (C=O) groups is 1. The first-order valence-corrected chi connectivity index (χ1v) is 6.04. The summed E-state index contributed by atoms with van der Waals surface area (Å²) in [6.45, 7) is 5.87. The minimum absolute atomic E-state index is 0.116. The molecule has 1 N–H and O–H groups in total. The lowest BCUT2D eigenvalue weighted by atomic mass is 10.1. The molecule has 0 radical (unpaired) electrons. The van der Waals surface area contributed by atoms with E-state index < -0.39 is 17.6 Å². The maximum absolute atomic E-state index is 13.2. The van der Waals surface area contributed by atoms with Gasteiger partial charge < -0.3 is 4.74 Å². The van der Waals surface area contributed by atoms with Crippen LogP contribution in [-0.2, 0) is 10.7 Å². The van der Waals surface area contributed by atoms with E-state index in [4.69, 9.17) is 16.3 Å². The Balaban J connectivity index is 2.91. The molecule has 0 spiro atoms. The highest BCUT2D eigenvalue weighted by molar-refractivity contribution is 6.31. The van der Waals surface area contributed by atoms with Crippen molar-refractivity contribution in [2.75, 3.05) is 5.32 Å². The van der Waals surface area contributed by atoms with E-state index in [1.165, 1.54) is 6.07 Å². The van der Waals surface area contributed by atoms with E-state index in [1.807, 2.05) is 0 Å². The first kappa shape index (κ1) is 15.7. The molecule has 0 aromatic heterocycles. The van der Waals surface area contributed by atoms with Crippen LogP contribution in [-0.4, -0.2) is 11.7 Å². The Labute approximate surface area is 115 Å². The van der Waals surface area contributed by atoms with Crippen LogP contribution in [0, 0.1) is 0 Å². The number of ether oxygens (including phenoxy) is 1. The quantitative estimate of drug-likeness (QED) is 0.850. The van der Waals surface area contributed by atoms with Crippen LogP contribution in [0.5, 0.6) is 0 Å². The van der Waals surface area contributed by atoms with Gasteiger partial charge in [0.25, 0.3) is 5.92 Å². The minimum atomic E-state index is -3.03. The lowest BCUT2D eigenvalue weighted by Crippen LogP contribution is -2.27. The number of hydrogen-bond donors (Lipinski definition) is 1. The maximum Gasteiger partial charge on any atom is 0.412 e. The fourth-order valence-electron chi connectivity index (χ4n) is 1.34. The molecule has 0 aliphatic rings. The van der Waals surface area contributed by atoms with Crippen LogP contribution < -0.4 is 5.32 Å². The summed E-state index contributed by atoms with van der Waals surface area (Å²) in [6, 6.07) is 3.69. The van der Waals surface area contributed by atoms with Gasteiger partial charge in [-0.3, -0.25) is 5.32 Å². The summed E-state index contributed by atoms with van der Waals surface area (Å²) in [5.74, 6) is -3.03. The highest BCUT2D eigenvalue weighted by Crippen LogP contribution is 2.31. The number of hydrogen-bond acceptors (Lipinski definition) is 2. The summed E-state index contributed by atoms with van der Waals surface area (Å²) >= 11 is 5.75. The van der Waals surface area contributed by atoms with Gasteiger partial charge in [-0.1, -0.05) is 11.6 Å². The summed E-state index contributed by atoms with van der Waals surface area (Å²) in [7, 11) is 0. The van der Waals surface area contributed by atoms with Gasteiger partial charge in [0, 0.05) is 23.2 Å². The van der Waals surface area contributed by atoms with Crippen LogP contribution >= 0.6 is 11.6 Å². The van der Waals surface area contributed by atoms with Crippen molar-refractivity contribution >= 4 is 23.4 Å². The minimum Gasteiger partial charge on any atom is -0.444 e. The molecule has 106 valence electrons. The van der Waals surface area contributed by atoms with Crippen molar-refractivity contribution in [3.63, 3.8) is 0 Å². The molecule has 3 nitrogen and oxygen atoms in total. The molecule has 1 rings (SSSR count). The summed E-state index contributed by atoms with van der Waals surface area (Å²) in [6.07, 6.45) is -0.722. The third-order valence-corrected chi connectivity index (χ3v) is 2.27. The maximum atomic E-state index is 13.2. The largest absolute Gasteiger partial charge is 0.444 e. The molecule has 0 bridgehead atoms. The summed E-state index contributed by atoms with van der Waals surface area (Å²) in [5, 5.41) is 2.49. The van der Waals surface area contributed by atoms with E-state index in [1.54, 1.807) is 20.8 Å². The monoisotopic (exact) mass is 291 g/mol. The number of alkyl halides is 2. The molecular weight excluding hydrogens is 276 g/mol. The van der Waals surface area contributed by atoms with Crippen LogP contribution in [0.3, 0.4) is 0 Å². The number of halogens is 3. The predicted octanol–water partition coefficient (Wildman–Crippen LogP) is 4.80. The normalized spacial score (nSPS) is 12.2. The van der Waals surface area contributed by atoms with Crippen molar-refractivity contribution < 1.29 is 18.3 Å². The zero-order chi connectivity index (χ0) is 14.8. The fraction of sp³-hybridized carbons (Fsp3) is 0.462. The fourth-order valence-corrected chi connectivity index (χ4v) is 1.57. The molecule has 1 amide bonds. The molecule has 0 heterocycles. The standard InChI is InChI=1S/C13H16ClF2NO2/c1-12(2,3)19-11(18)17-10-6-8(13(4,15)16)5-9(14)7-10/h5-7H,1-4H3,(H,17,18). The van der Waals surface area contributed by atoms with E-state index in [0.29, 0.717) is 0 Å². The predicted molar refractivity (Wildman–Crippen MR) is 70.9 cm³/mol. The third kappa shape index (κ3) is 5.42. The van der Waals surface area contributed by atoms with Crippen molar-refractivity contribution in [1.29, 1.82) is 0 Å². The molecule has 6 heteroatoms. The zero-order valence-electron chi connectivity index (χ0n) is 11.2. The SMILES string of the molecule is CC(C)(C)OC(=O)Nc1cc(Cl)cc(C(C)(F)F)c1. The van der Waals surface area contributed by atoms with E-state index in [0.717, 1.165) is 19.1 Å². The Morgan fingerprint density at radius 2 is 1.79 bits per heavy atom. The lowest BCUT2D eigenvalue weighted by molar-refractivity contribution is 0.0174. The third-order valence-electron chi connectivity index (χ3n) is 2.05. The summed E-state index contributed by atoms with van der Waals surface area (Å²) in [5.41, 5.74) is -0.774. The molecule has 0 fully saturated rings. The van der Waals surface area contributed by atoms with Gasteiger partial charge in [-0.05, 0) is 39.0 Å². The van der Waals surface area contributed by atoms with Crippen molar-refractivity contribution in [2.45, 2.75) is 39.2 Å². The van der Waals surface area contributed by atoms with Crippen molar-refractivity contribution in [2.24, 2.45) is 0 Å². The molecule has 19 heavy (non-hydrogen) atoms. The lowest BCUT2D eigenvalue weighted by Gasteiger charge is -2.20. The number of amides is 1. The second-order valence-corrected chi connectivity index (χ2v) is 5.68. The number of benzene rings is 1. The Hall–Kier alpha value is -1.36. The molecule has 1 aromatic rings. The second-order valence-electron chi connectivity index (χ2n) is 5.24. The Kier molecular flexibility index (Phi) is 4.40. The van der Waals surface area contributed by atoms with Crippen LogP contribution in [0.4, 0.5) is 19.3 Å². The molecule has 0 saturated carbocycles. The van der Waals surface area contributed by atoms with Crippen LogP contribution in [0.25, 0.3) is 0 Å². The molecule has 1 aromatic carbocycles. The Bertz CT molecular complexity index is 479. The average Bonchev–Trinajstić information content (AvgIpc) is 2.11. The van der Waals surface area contributed by atoms with Crippen molar-refractivity contribution in [3.8, 4) is 0 Å². The van der Waals surface area contributed by atoms with Crippen LogP contribution in [0.2, 0.25) is 5.02 Å². The van der Waals surface area contributed by atoms with Crippen molar-refractivity contribution in [1.82, 2.24) is 0 Å². The van der Waals surface area contributed by atoms with Gasteiger partial charge in [-0.2, -0.15) is 0 Å². The number of rotatable bonds is 2. The molecule has 0 aliphatic heterocycles. The Morgan fingerprint density at radius 3 is 2.26 bits per heavy atom. The number of anilines is 1. The molecule has 0 saturated heterocycles. The summed E-state index contributed by atoms with van der Waals surface area (Å²) in [4.78, 5) is 11.5. The topological polar surface area (TPSA) is 38.3 Å². The highest BCUT2D eigenvalue weighted by atomic mass is 35.5. The number of carbonyl (C=O) groups excluding carboxylic acids is 1. The van der Waals surface area contributed by atoms with Crippen molar-refractivity contribution in [3.05, 3.63) is 28.8 Å².